The Morgan fingerprint density at radius 2 is 1.67 bits per heavy atom. The molecule has 0 aliphatic carbocycles. The first-order chi connectivity index (χ1) is 8.27. The maximum atomic E-state index is 11.7. The van der Waals surface area contributed by atoms with Gasteiger partial charge in [0.15, 0.2) is 0 Å². The highest BCUT2D eigenvalue weighted by Crippen LogP contribution is 2.13. The van der Waals surface area contributed by atoms with Crippen molar-refractivity contribution in [2.24, 2.45) is 0 Å². The number of benzene rings is 1. The largest absolute Gasteiger partial charge is 0.240 e. The number of rotatable bonds is 6. The van der Waals surface area contributed by atoms with E-state index in [4.69, 9.17) is 11.6 Å². The highest BCUT2D eigenvalue weighted by molar-refractivity contribution is 7.90. The number of sulfonamides is 2. The van der Waals surface area contributed by atoms with E-state index in [0.717, 1.165) is 0 Å². The molecule has 6 nitrogen and oxygen atoms in total. The Labute approximate surface area is 111 Å². The van der Waals surface area contributed by atoms with E-state index in [1.807, 2.05) is 0 Å². The maximum absolute atomic E-state index is 11.7. The van der Waals surface area contributed by atoms with Gasteiger partial charge < -0.3 is 0 Å². The van der Waals surface area contributed by atoms with Gasteiger partial charge in [-0.2, -0.15) is 0 Å². The van der Waals surface area contributed by atoms with E-state index in [0.29, 0.717) is 5.02 Å². The first kappa shape index (κ1) is 15.4. The van der Waals surface area contributed by atoms with Crippen molar-refractivity contribution in [2.75, 3.05) is 19.3 Å². The third-order valence-corrected chi connectivity index (χ3v) is 5.19. The summed E-state index contributed by atoms with van der Waals surface area (Å²) in [6.45, 7) is -0.200. The zero-order valence-electron chi connectivity index (χ0n) is 9.55. The molecule has 1 rings (SSSR count). The van der Waals surface area contributed by atoms with Gasteiger partial charge in [-0.05, 0) is 31.3 Å². The number of hydrogen-bond acceptors (Lipinski definition) is 4. The average molecular weight is 313 g/mol. The summed E-state index contributed by atoms with van der Waals surface area (Å²) >= 11 is 5.64. The first-order valence-electron chi connectivity index (χ1n) is 4.93. The van der Waals surface area contributed by atoms with Crippen molar-refractivity contribution >= 4 is 31.6 Å². The van der Waals surface area contributed by atoms with Crippen LogP contribution in [0.15, 0.2) is 29.2 Å². The average Bonchev–Trinajstić information content (AvgIpc) is 2.29. The summed E-state index contributed by atoms with van der Waals surface area (Å²) in [5, 5.41) is 0.423. The van der Waals surface area contributed by atoms with E-state index in [1.54, 1.807) is 0 Å². The summed E-state index contributed by atoms with van der Waals surface area (Å²) in [6, 6.07) is 5.58. The van der Waals surface area contributed by atoms with Crippen molar-refractivity contribution < 1.29 is 16.8 Å². The van der Waals surface area contributed by atoms with E-state index < -0.39 is 20.0 Å². The predicted octanol–water partition coefficient (Wildman–Crippen LogP) is 0.168. The second-order valence-corrected chi connectivity index (χ2v) is 7.62. The topological polar surface area (TPSA) is 92.3 Å². The third-order valence-electron chi connectivity index (χ3n) is 2.10. The molecule has 0 saturated carbocycles. The molecule has 2 N–H and O–H groups in total. The standard InChI is InChI=1S/C9H13ClN2O4S2/c1-11-17(13,14)7-6-12-18(15,16)9-4-2-8(10)3-5-9/h2-5,11-12H,6-7H2,1H3. The van der Waals surface area contributed by atoms with Crippen molar-refractivity contribution in [3.63, 3.8) is 0 Å². The van der Waals surface area contributed by atoms with Crippen LogP contribution in [-0.4, -0.2) is 36.2 Å². The minimum absolute atomic E-state index is 0.0359. The van der Waals surface area contributed by atoms with Crippen LogP contribution in [0.4, 0.5) is 0 Å². The SMILES string of the molecule is CNS(=O)(=O)CCNS(=O)(=O)c1ccc(Cl)cc1. The summed E-state index contributed by atoms with van der Waals surface area (Å²) in [5.74, 6) is -0.323. The Bertz CT molecular complexity index is 596. The summed E-state index contributed by atoms with van der Waals surface area (Å²) in [4.78, 5) is 0.0359. The van der Waals surface area contributed by atoms with Crippen LogP contribution in [0.25, 0.3) is 0 Å². The summed E-state index contributed by atoms with van der Waals surface area (Å²) < 4.78 is 50.0. The van der Waals surface area contributed by atoms with Crippen LogP contribution in [0.5, 0.6) is 0 Å². The smallest absolute Gasteiger partial charge is 0.218 e. The quantitative estimate of drug-likeness (QED) is 0.783. The third kappa shape index (κ3) is 4.54. The molecular formula is C9H13ClN2O4S2. The van der Waals surface area contributed by atoms with Crippen LogP contribution in [0.2, 0.25) is 5.02 Å². The van der Waals surface area contributed by atoms with Gasteiger partial charge >= 0.3 is 0 Å². The molecule has 0 aromatic heterocycles. The molecule has 0 aliphatic heterocycles. The minimum Gasteiger partial charge on any atom is -0.218 e. The van der Waals surface area contributed by atoms with Crippen LogP contribution in [0.1, 0.15) is 0 Å². The lowest BCUT2D eigenvalue weighted by Gasteiger charge is -2.07. The Balaban J connectivity index is 2.69. The lowest BCUT2D eigenvalue weighted by molar-refractivity contribution is 0.578. The van der Waals surface area contributed by atoms with Crippen molar-refractivity contribution in [2.45, 2.75) is 4.90 Å². The molecule has 9 heteroatoms. The van der Waals surface area contributed by atoms with E-state index >= 15 is 0 Å². The summed E-state index contributed by atoms with van der Waals surface area (Å²) in [7, 11) is -5.87. The first-order valence-corrected chi connectivity index (χ1v) is 8.45. The molecule has 0 amide bonds. The van der Waals surface area contributed by atoms with Crippen molar-refractivity contribution in [1.82, 2.24) is 9.44 Å². The van der Waals surface area contributed by atoms with Crippen LogP contribution in [0, 0.1) is 0 Å². The zero-order chi connectivity index (χ0) is 13.8. The highest BCUT2D eigenvalue weighted by atomic mass is 35.5. The van der Waals surface area contributed by atoms with Gasteiger partial charge in [-0.15, -0.1) is 0 Å². The van der Waals surface area contributed by atoms with Gasteiger partial charge in [-0.25, -0.2) is 26.3 Å². The van der Waals surface area contributed by atoms with Gasteiger partial charge in [0.25, 0.3) is 0 Å². The van der Waals surface area contributed by atoms with Crippen LogP contribution >= 0.6 is 11.6 Å². The normalized spacial score (nSPS) is 12.6. The van der Waals surface area contributed by atoms with Crippen LogP contribution in [-0.2, 0) is 20.0 Å². The van der Waals surface area contributed by atoms with Crippen LogP contribution < -0.4 is 9.44 Å². The molecule has 0 atom stereocenters. The second kappa shape index (κ2) is 5.98. The molecular weight excluding hydrogens is 300 g/mol. The molecule has 0 unspecified atom stereocenters. The molecule has 102 valence electrons. The van der Waals surface area contributed by atoms with E-state index in [1.165, 1.54) is 31.3 Å². The fourth-order valence-corrected chi connectivity index (χ4v) is 2.97. The minimum atomic E-state index is -3.71. The molecule has 0 saturated heterocycles. The number of halogens is 1. The molecule has 0 radical (unpaired) electrons. The van der Waals surface area contributed by atoms with Gasteiger partial charge in [0, 0.05) is 11.6 Å². The van der Waals surface area contributed by atoms with Gasteiger partial charge in [-0.1, -0.05) is 11.6 Å². The number of hydrogen-bond donors (Lipinski definition) is 2. The Morgan fingerprint density at radius 3 is 2.17 bits per heavy atom. The second-order valence-electron chi connectivity index (χ2n) is 3.37. The summed E-state index contributed by atoms with van der Waals surface area (Å²) in [5.41, 5.74) is 0. The Kier molecular flexibility index (Phi) is 5.11. The van der Waals surface area contributed by atoms with Crippen molar-refractivity contribution in [3.05, 3.63) is 29.3 Å². The lowest BCUT2D eigenvalue weighted by Crippen LogP contribution is -2.32. The molecule has 1 aromatic carbocycles. The Morgan fingerprint density at radius 1 is 1.11 bits per heavy atom. The molecule has 0 heterocycles. The van der Waals surface area contributed by atoms with Gasteiger partial charge in [0.05, 0.1) is 10.6 Å². The fraction of sp³-hybridized carbons (Fsp3) is 0.333. The zero-order valence-corrected chi connectivity index (χ0v) is 11.9. The molecule has 0 spiro atoms. The van der Waals surface area contributed by atoms with E-state index in [-0.39, 0.29) is 17.2 Å². The highest BCUT2D eigenvalue weighted by Gasteiger charge is 2.15. The van der Waals surface area contributed by atoms with Crippen molar-refractivity contribution in [3.8, 4) is 0 Å². The van der Waals surface area contributed by atoms with Gasteiger partial charge in [0.2, 0.25) is 20.0 Å². The van der Waals surface area contributed by atoms with Gasteiger partial charge in [0.1, 0.15) is 0 Å². The van der Waals surface area contributed by atoms with Gasteiger partial charge in [-0.3, -0.25) is 0 Å². The molecule has 0 aliphatic rings. The van der Waals surface area contributed by atoms with E-state index in [2.05, 4.69) is 9.44 Å². The Hall–Kier alpha value is -0.670. The molecule has 0 fully saturated rings. The molecule has 18 heavy (non-hydrogen) atoms. The summed E-state index contributed by atoms with van der Waals surface area (Å²) in [6.07, 6.45) is 0. The fourth-order valence-electron chi connectivity index (χ4n) is 1.11. The molecule has 0 bridgehead atoms. The molecule has 1 aromatic rings. The number of nitrogens with one attached hydrogen (secondary N) is 2. The van der Waals surface area contributed by atoms with E-state index in [9.17, 15) is 16.8 Å². The predicted molar refractivity (Wildman–Crippen MR) is 69.5 cm³/mol. The van der Waals surface area contributed by atoms with Crippen LogP contribution in [0.3, 0.4) is 0 Å². The lowest BCUT2D eigenvalue weighted by atomic mass is 10.4. The van der Waals surface area contributed by atoms with Crippen molar-refractivity contribution in [1.29, 1.82) is 0 Å². The monoisotopic (exact) mass is 312 g/mol. The maximum Gasteiger partial charge on any atom is 0.240 e.